The van der Waals surface area contributed by atoms with E-state index in [1.54, 1.807) is 20.8 Å². The normalized spacial score (nSPS) is 15.9. The highest BCUT2D eigenvalue weighted by atomic mass is 19.1. The van der Waals surface area contributed by atoms with Gasteiger partial charge in [-0.2, -0.15) is 0 Å². The van der Waals surface area contributed by atoms with Crippen molar-refractivity contribution in [1.29, 1.82) is 0 Å². The Morgan fingerprint density at radius 1 is 1.03 bits per heavy atom. The maximum absolute atomic E-state index is 13.7. The summed E-state index contributed by atoms with van der Waals surface area (Å²) in [6.07, 6.45) is 4.94. The summed E-state index contributed by atoms with van der Waals surface area (Å²) in [5.74, 6) is -2.76. The third-order valence-electron chi connectivity index (χ3n) is 5.26. The van der Waals surface area contributed by atoms with Crippen molar-refractivity contribution in [2.75, 3.05) is 13.1 Å². The van der Waals surface area contributed by atoms with Crippen molar-refractivity contribution in [3.63, 3.8) is 0 Å². The molecule has 3 amide bonds. The summed E-state index contributed by atoms with van der Waals surface area (Å²) >= 11 is 0. The van der Waals surface area contributed by atoms with Gasteiger partial charge in [-0.3, -0.25) is 9.59 Å². The number of rotatable bonds is 7. The highest BCUT2D eigenvalue weighted by Crippen LogP contribution is 2.27. The van der Waals surface area contributed by atoms with E-state index in [0.29, 0.717) is 6.07 Å². The molecule has 0 radical (unpaired) electrons. The van der Waals surface area contributed by atoms with E-state index >= 15 is 0 Å². The topological polar surface area (TPSA) is 96.5 Å². The predicted octanol–water partition coefficient (Wildman–Crippen LogP) is 3.82. The number of benzene rings is 1. The molecular formula is C23H33F2N3O4. The molecule has 0 aromatic heterocycles. The zero-order valence-corrected chi connectivity index (χ0v) is 19.0. The van der Waals surface area contributed by atoms with Crippen LogP contribution in [0.25, 0.3) is 0 Å². The minimum Gasteiger partial charge on any atom is -0.444 e. The molecule has 0 bridgehead atoms. The van der Waals surface area contributed by atoms with Gasteiger partial charge in [-0.1, -0.05) is 25.7 Å². The maximum atomic E-state index is 13.7. The van der Waals surface area contributed by atoms with Crippen LogP contribution in [-0.4, -0.2) is 42.1 Å². The molecule has 2 rings (SSSR count). The van der Waals surface area contributed by atoms with Gasteiger partial charge in [-0.05, 0) is 45.7 Å². The molecule has 1 aromatic rings. The van der Waals surface area contributed by atoms with Crippen molar-refractivity contribution in [2.24, 2.45) is 0 Å². The number of carbonyl (C=O) groups excluding carboxylic acids is 3. The molecule has 0 aliphatic heterocycles. The van der Waals surface area contributed by atoms with Crippen molar-refractivity contribution in [3.05, 3.63) is 35.4 Å². The molecule has 0 unspecified atom stereocenters. The SMILES string of the molecule is CC(C)(C)OC(=O)NC1(CNC(=O)CCNC(=O)c2ccc(F)cc2F)CCCCCC1. The Morgan fingerprint density at radius 2 is 1.69 bits per heavy atom. The lowest BCUT2D eigenvalue weighted by molar-refractivity contribution is -0.121. The van der Waals surface area contributed by atoms with E-state index < -0.39 is 34.8 Å². The first kappa shape index (κ1) is 25.5. The molecule has 3 N–H and O–H groups in total. The number of hydrogen-bond donors (Lipinski definition) is 3. The molecule has 7 nitrogen and oxygen atoms in total. The zero-order chi connectivity index (χ0) is 23.8. The molecule has 0 heterocycles. The van der Waals surface area contributed by atoms with Gasteiger partial charge in [0.2, 0.25) is 5.91 Å². The van der Waals surface area contributed by atoms with E-state index in [9.17, 15) is 23.2 Å². The molecule has 1 saturated carbocycles. The molecule has 1 aliphatic carbocycles. The van der Waals surface area contributed by atoms with Gasteiger partial charge in [-0.15, -0.1) is 0 Å². The molecule has 0 saturated heterocycles. The molecule has 0 atom stereocenters. The van der Waals surface area contributed by atoms with Crippen molar-refractivity contribution >= 4 is 17.9 Å². The number of hydrogen-bond acceptors (Lipinski definition) is 4. The predicted molar refractivity (Wildman–Crippen MR) is 116 cm³/mol. The Balaban J connectivity index is 1.86. The van der Waals surface area contributed by atoms with Crippen molar-refractivity contribution in [3.8, 4) is 0 Å². The van der Waals surface area contributed by atoms with E-state index in [4.69, 9.17) is 4.74 Å². The van der Waals surface area contributed by atoms with Gasteiger partial charge in [0, 0.05) is 25.6 Å². The zero-order valence-electron chi connectivity index (χ0n) is 19.0. The highest BCUT2D eigenvalue weighted by molar-refractivity contribution is 5.94. The largest absolute Gasteiger partial charge is 0.444 e. The molecule has 9 heteroatoms. The smallest absolute Gasteiger partial charge is 0.408 e. The maximum Gasteiger partial charge on any atom is 0.408 e. The minimum atomic E-state index is -0.963. The fraction of sp³-hybridized carbons (Fsp3) is 0.609. The quantitative estimate of drug-likeness (QED) is 0.547. The van der Waals surface area contributed by atoms with Crippen LogP contribution in [0.2, 0.25) is 0 Å². The summed E-state index contributed by atoms with van der Waals surface area (Å²) in [7, 11) is 0. The molecule has 0 spiro atoms. The van der Waals surface area contributed by atoms with Gasteiger partial charge in [0.05, 0.1) is 11.1 Å². The number of carbonyl (C=O) groups is 3. The molecule has 32 heavy (non-hydrogen) atoms. The standard InChI is InChI=1S/C23H33F2N3O4/c1-22(2,3)32-21(31)28-23(11-6-4-5-7-12-23)15-27-19(29)10-13-26-20(30)17-9-8-16(24)14-18(17)25/h8-9,14H,4-7,10-13,15H2,1-3H3,(H,26,30)(H,27,29)(H,28,31). The van der Waals surface area contributed by atoms with Crippen molar-refractivity contribution in [2.45, 2.75) is 76.9 Å². The lowest BCUT2D eigenvalue weighted by Crippen LogP contribution is -2.56. The Labute approximate surface area is 187 Å². The van der Waals surface area contributed by atoms with Crippen LogP contribution in [0.3, 0.4) is 0 Å². The highest BCUT2D eigenvalue weighted by Gasteiger charge is 2.34. The summed E-state index contributed by atoms with van der Waals surface area (Å²) in [6, 6.07) is 2.68. The van der Waals surface area contributed by atoms with E-state index in [1.165, 1.54) is 0 Å². The van der Waals surface area contributed by atoms with E-state index in [1.807, 2.05) is 0 Å². The van der Waals surface area contributed by atoms with E-state index in [-0.39, 0.29) is 31.0 Å². The second-order valence-corrected chi connectivity index (χ2v) is 9.23. The van der Waals surface area contributed by atoms with Gasteiger partial charge in [0.1, 0.15) is 17.2 Å². The van der Waals surface area contributed by atoms with Crippen LogP contribution in [0.4, 0.5) is 13.6 Å². The fourth-order valence-electron chi connectivity index (χ4n) is 3.69. The second-order valence-electron chi connectivity index (χ2n) is 9.23. The van der Waals surface area contributed by atoms with Crippen LogP contribution in [0.1, 0.15) is 76.1 Å². The van der Waals surface area contributed by atoms with Gasteiger partial charge in [0.25, 0.3) is 5.91 Å². The van der Waals surface area contributed by atoms with Gasteiger partial charge in [0.15, 0.2) is 0 Å². The lowest BCUT2D eigenvalue weighted by Gasteiger charge is -2.35. The molecule has 1 fully saturated rings. The van der Waals surface area contributed by atoms with Crippen LogP contribution < -0.4 is 16.0 Å². The Kier molecular flexibility index (Phi) is 8.98. The number of ether oxygens (including phenoxy) is 1. The van der Waals surface area contributed by atoms with Crippen LogP contribution >= 0.6 is 0 Å². The third kappa shape index (κ3) is 8.43. The molecular weight excluding hydrogens is 420 g/mol. The molecule has 1 aromatic carbocycles. The third-order valence-corrected chi connectivity index (χ3v) is 5.26. The average molecular weight is 454 g/mol. The van der Waals surface area contributed by atoms with Crippen LogP contribution in [0.5, 0.6) is 0 Å². The summed E-state index contributed by atoms with van der Waals surface area (Å²) in [5, 5.41) is 8.26. The molecule has 178 valence electrons. The summed E-state index contributed by atoms with van der Waals surface area (Å²) < 4.78 is 32.0. The summed E-state index contributed by atoms with van der Waals surface area (Å²) in [6.45, 7) is 5.63. The number of alkyl carbamates (subject to hydrolysis) is 1. The number of nitrogens with one attached hydrogen (secondary N) is 3. The lowest BCUT2D eigenvalue weighted by atomic mass is 9.90. The summed E-state index contributed by atoms with van der Waals surface area (Å²) in [5.41, 5.74) is -1.50. The first-order valence-electron chi connectivity index (χ1n) is 11.0. The number of halogens is 2. The van der Waals surface area contributed by atoms with Gasteiger partial charge >= 0.3 is 6.09 Å². The number of amides is 3. The Bertz CT molecular complexity index is 816. The average Bonchev–Trinajstić information content (AvgIpc) is 2.90. The van der Waals surface area contributed by atoms with E-state index in [0.717, 1.165) is 50.7 Å². The molecule has 1 aliphatic rings. The first-order valence-corrected chi connectivity index (χ1v) is 11.0. The Morgan fingerprint density at radius 3 is 2.28 bits per heavy atom. The monoisotopic (exact) mass is 453 g/mol. The van der Waals surface area contributed by atoms with Crippen molar-refractivity contribution < 1.29 is 27.9 Å². The van der Waals surface area contributed by atoms with E-state index in [2.05, 4.69) is 16.0 Å². The van der Waals surface area contributed by atoms with Crippen molar-refractivity contribution in [1.82, 2.24) is 16.0 Å². The van der Waals surface area contributed by atoms with Gasteiger partial charge in [-0.25, -0.2) is 13.6 Å². The fourth-order valence-corrected chi connectivity index (χ4v) is 3.69. The van der Waals surface area contributed by atoms with Crippen LogP contribution in [0, 0.1) is 11.6 Å². The Hall–Kier alpha value is -2.71. The summed E-state index contributed by atoms with van der Waals surface area (Å²) in [4.78, 5) is 36.7. The van der Waals surface area contributed by atoms with Crippen LogP contribution in [-0.2, 0) is 9.53 Å². The first-order chi connectivity index (χ1) is 15.0. The minimum absolute atomic E-state index is 0.00597. The van der Waals surface area contributed by atoms with Crippen LogP contribution in [0.15, 0.2) is 18.2 Å². The second kappa shape index (κ2) is 11.2. The van der Waals surface area contributed by atoms with Gasteiger partial charge < -0.3 is 20.7 Å².